The SMILES string of the molecule is C#Cc1cccc(NC(=O)c2ccc(S(=O)(=O)NC)cc2)c1. The van der Waals surface area contributed by atoms with E-state index in [1.807, 2.05) is 0 Å². The lowest BCUT2D eigenvalue weighted by atomic mass is 10.2. The van der Waals surface area contributed by atoms with Crippen molar-refractivity contribution in [2.45, 2.75) is 4.90 Å². The average molecular weight is 314 g/mol. The highest BCUT2D eigenvalue weighted by atomic mass is 32.2. The molecule has 0 atom stereocenters. The highest BCUT2D eigenvalue weighted by Gasteiger charge is 2.12. The van der Waals surface area contributed by atoms with E-state index >= 15 is 0 Å². The molecule has 22 heavy (non-hydrogen) atoms. The molecule has 2 aromatic carbocycles. The number of rotatable bonds is 4. The van der Waals surface area contributed by atoms with Crippen LogP contribution in [-0.2, 0) is 10.0 Å². The molecule has 6 heteroatoms. The molecule has 2 rings (SSSR count). The summed E-state index contributed by atoms with van der Waals surface area (Å²) >= 11 is 0. The summed E-state index contributed by atoms with van der Waals surface area (Å²) in [7, 11) is -2.18. The van der Waals surface area contributed by atoms with Gasteiger partial charge in [-0.2, -0.15) is 0 Å². The van der Waals surface area contributed by atoms with E-state index in [1.165, 1.54) is 31.3 Å². The van der Waals surface area contributed by atoms with Gasteiger partial charge in [0, 0.05) is 16.8 Å². The fraction of sp³-hybridized carbons (Fsp3) is 0.0625. The maximum Gasteiger partial charge on any atom is 0.255 e. The van der Waals surface area contributed by atoms with Crippen LogP contribution in [0.4, 0.5) is 5.69 Å². The van der Waals surface area contributed by atoms with Crippen LogP contribution in [0.5, 0.6) is 0 Å². The minimum Gasteiger partial charge on any atom is -0.322 e. The fourth-order valence-electron chi connectivity index (χ4n) is 1.79. The summed E-state index contributed by atoms with van der Waals surface area (Å²) in [5.74, 6) is 2.14. The first-order valence-corrected chi connectivity index (χ1v) is 7.86. The molecule has 0 spiro atoms. The van der Waals surface area contributed by atoms with E-state index in [1.54, 1.807) is 24.3 Å². The van der Waals surface area contributed by atoms with Crippen LogP contribution >= 0.6 is 0 Å². The third-order valence-corrected chi connectivity index (χ3v) is 4.41. The summed E-state index contributed by atoms with van der Waals surface area (Å²) < 4.78 is 25.4. The Morgan fingerprint density at radius 1 is 1.14 bits per heavy atom. The van der Waals surface area contributed by atoms with Crippen molar-refractivity contribution >= 4 is 21.6 Å². The Morgan fingerprint density at radius 2 is 1.82 bits per heavy atom. The molecule has 2 N–H and O–H groups in total. The van der Waals surface area contributed by atoms with Gasteiger partial charge >= 0.3 is 0 Å². The Hall–Kier alpha value is -2.62. The summed E-state index contributed by atoms with van der Waals surface area (Å²) in [6.45, 7) is 0. The monoisotopic (exact) mass is 314 g/mol. The molecule has 1 amide bonds. The van der Waals surface area contributed by atoms with Crippen molar-refractivity contribution in [1.29, 1.82) is 0 Å². The molecule has 5 nitrogen and oxygen atoms in total. The molecule has 0 bridgehead atoms. The van der Waals surface area contributed by atoms with Crippen LogP contribution in [0.2, 0.25) is 0 Å². The van der Waals surface area contributed by atoms with Crippen molar-refractivity contribution < 1.29 is 13.2 Å². The molecule has 0 aromatic heterocycles. The van der Waals surface area contributed by atoms with Gasteiger partial charge in [0.1, 0.15) is 0 Å². The third kappa shape index (κ3) is 3.52. The zero-order valence-corrected chi connectivity index (χ0v) is 12.6. The van der Waals surface area contributed by atoms with Gasteiger partial charge in [-0.15, -0.1) is 6.42 Å². The predicted octanol–water partition coefficient (Wildman–Crippen LogP) is 1.83. The van der Waals surface area contributed by atoms with Gasteiger partial charge in [0.2, 0.25) is 10.0 Å². The number of hydrogen-bond donors (Lipinski definition) is 2. The minimum absolute atomic E-state index is 0.0980. The molecular weight excluding hydrogens is 300 g/mol. The number of carbonyl (C=O) groups excluding carboxylic acids is 1. The molecule has 0 saturated heterocycles. The van der Waals surface area contributed by atoms with Crippen molar-refractivity contribution in [3.63, 3.8) is 0 Å². The number of carbonyl (C=O) groups is 1. The van der Waals surface area contributed by atoms with Gasteiger partial charge in [-0.1, -0.05) is 12.0 Å². The Balaban J connectivity index is 2.18. The lowest BCUT2D eigenvalue weighted by molar-refractivity contribution is 0.102. The molecule has 0 saturated carbocycles. The number of benzene rings is 2. The van der Waals surface area contributed by atoms with Crippen LogP contribution in [0.25, 0.3) is 0 Å². The first-order chi connectivity index (χ1) is 10.5. The second-order valence-electron chi connectivity index (χ2n) is 4.41. The molecule has 2 aromatic rings. The van der Waals surface area contributed by atoms with E-state index in [0.29, 0.717) is 16.8 Å². The largest absolute Gasteiger partial charge is 0.322 e. The lowest BCUT2D eigenvalue weighted by Crippen LogP contribution is -2.19. The predicted molar refractivity (Wildman–Crippen MR) is 85.0 cm³/mol. The summed E-state index contributed by atoms with van der Waals surface area (Å²) in [5, 5.41) is 2.71. The Labute approximate surface area is 129 Å². The smallest absolute Gasteiger partial charge is 0.255 e. The number of hydrogen-bond acceptors (Lipinski definition) is 3. The summed E-state index contributed by atoms with van der Waals surface area (Å²) in [5.41, 5.74) is 1.58. The molecule has 0 heterocycles. The Kier molecular flexibility index (Phi) is 4.61. The minimum atomic E-state index is -3.51. The second kappa shape index (κ2) is 6.43. The maximum atomic E-state index is 12.1. The van der Waals surface area contributed by atoms with Crippen LogP contribution < -0.4 is 10.0 Å². The van der Waals surface area contributed by atoms with Crippen molar-refractivity contribution in [2.75, 3.05) is 12.4 Å². The molecule has 0 radical (unpaired) electrons. The molecule has 0 aliphatic carbocycles. The number of terminal acetylenes is 1. The van der Waals surface area contributed by atoms with Crippen LogP contribution in [0.1, 0.15) is 15.9 Å². The van der Waals surface area contributed by atoms with Gasteiger partial charge in [0.25, 0.3) is 5.91 Å². The first kappa shape index (κ1) is 15.8. The van der Waals surface area contributed by atoms with Crippen molar-refractivity contribution in [3.05, 3.63) is 59.7 Å². The summed E-state index contributed by atoms with van der Waals surface area (Å²) in [6, 6.07) is 12.5. The van der Waals surface area contributed by atoms with E-state index < -0.39 is 10.0 Å². The fourth-order valence-corrected chi connectivity index (χ4v) is 2.52. The second-order valence-corrected chi connectivity index (χ2v) is 6.30. The first-order valence-electron chi connectivity index (χ1n) is 6.38. The number of anilines is 1. The van der Waals surface area contributed by atoms with Gasteiger partial charge in [-0.3, -0.25) is 4.79 Å². The number of nitrogens with one attached hydrogen (secondary N) is 2. The highest BCUT2D eigenvalue weighted by molar-refractivity contribution is 7.89. The molecule has 0 unspecified atom stereocenters. The van der Waals surface area contributed by atoms with Gasteiger partial charge in [-0.05, 0) is 49.5 Å². The van der Waals surface area contributed by atoms with Crippen LogP contribution in [0.3, 0.4) is 0 Å². The van der Waals surface area contributed by atoms with Crippen molar-refractivity contribution in [2.24, 2.45) is 0 Å². The number of amides is 1. The summed E-state index contributed by atoms with van der Waals surface area (Å²) in [4.78, 5) is 12.2. The van der Waals surface area contributed by atoms with Gasteiger partial charge < -0.3 is 5.32 Å². The van der Waals surface area contributed by atoms with E-state index in [2.05, 4.69) is 16.0 Å². The number of sulfonamides is 1. The Bertz CT molecular complexity index is 834. The molecule has 0 aliphatic heterocycles. The van der Waals surface area contributed by atoms with Crippen LogP contribution in [0.15, 0.2) is 53.4 Å². The van der Waals surface area contributed by atoms with Crippen molar-refractivity contribution in [3.8, 4) is 12.3 Å². The maximum absolute atomic E-state index is 12.1. The standard InChI is InChI=1S/C16H14N2O3S/c1-3-12-5-4-6-14(11-12)18-16(19)13-7-9-15(10-8-13)22(20,21)17-2/h1,4-11,17H,2H3,(H,18,19). The quantitative estimate of drug-likeness (QED) is 0.845. The zero-order valence-electron chi connectivity index (χ0n) is 11.8. The topological polar surface area (TPSA) is 75.3 Å². The zero-order chi connectivity index (χ0) is 16.2. The van der Waals surface area contributed by atoms with E-state index in [9.17, 15) is 13.2 Å². The van der Waals surface area contributed by atoms with E-state index in [4.69, 9.17) is 6.42 Å². The lowest BCUT2D eigenvalue weighted by Gasteiger charge is -2.07. The van der Waals surface area contributed by atoms with Crippen LogP contribution in [-0.4, -0.2) is 21.4 Å². The van der Waals surface area contributed by atoms with Crippen LogP contribution in [0, 0.1) is 12.3 Å². The van der Waals surface area contributed by atoms with Gasteiger partial charge in [0.15, 0.2) is 0 Å². The van der Waals surface area contributed by atoms with Gasteiger partial charge in [0.05, 0.1) is 4.90 Å². The van der Waals surface area contributed by atoms with E-state index in [0.717, 1.165) is 0 Å². The molecular formula is C16H14N2O3S. The third-order valence-electron chi connectivity index (χ3n) is 2.98. The van der Waals surface area contributed by atoms with Crippen molar-refractivity contribution in [1.82, 2.24) is 4.72 Å². The average Bonchev–Trinajstić information content (AvgIpc) is 2.55. The highest BCUT2D eigenvalue weighted by Crippen LogP contribution is 2.14. The normalized spacial score (nSPS) is 10.7. The summed E-state index contributed by atoms with van der Waals surface area (Å²) in [6.07, 6.45) is 5.31. The van der Waals surface area contributed by atoms with E-state index in [-0.39, 0.29) is 10.8 Å². The molecule has 112 valence electrons. The molecule has 0 fully saturated rings. The Morgan fingerprint density at radius 3 is 2.41 bits per heavy atom. The van der Waals surface area contributed by atoms with Gasteiger partial charge in [-0.25, -0.2) is 13.1 Å². The molecule has 0 aliphatic rings.